The van der Waals surface area contributed by atoms with E-state index in [1.54, 1.807) is 11.9 Å². The van der Waals surface area contributed by atoms with Crippen molar-refractivity contribution >= 4 is 11.8 Å². The molecule has 0 aromatic heterocycles. The SMILES string of the molecule is C#C/C=C/NC(=O)CCC(=O)N(C)CCN(CC)CC. The second kappa shape index (κ2) is 11.1. The van der Waals surface area contributed by atoms with Crippen molar-refractivity contribution in [1.29, 1.82) is 0 Å². The molecule has 0 aliphatic carbocycles. The Morgan fingerprint density at radius 1 is 1.20 bits per heavy atom. The fourth-order valence-electron chi connectivity index (χ4n) is 1.62. The highest BCUT2D eigenvalue weighted by molar-refractivity contribution is 5.84. The van der Waals surface area contributed by atoms with Crippen molar-refractivity contribution in [3.8, 4) is 12.3 Å². The maximum Gasteiger partial charge on any atom is 0.224 e. The molecular formula is C15H25N3O2. The molecule has 0 heterocycles. The summed E-state index contributed by atoms with van der Waals surface area (Å²) in [5.74, 6) is 2.04. The molecule has 112 valence electrons. The molecule has 0 fully saturated rings. The van der Waals surface area contributed by atoms with Crippen LogP contribution in [0.5, 0.6) is 0 Å². The lowest BCUT2D eigenvalue weighted by Crippen LogP contribution is -2.36. The molecule has 20 heavy (non-hydrogen) atoms. The molecule has 0 aromatic rings. The number of carbonyl (C=O) groups excluding carboxylic acids is 2. The average Bonchev–Trinajstić information content (AvgIpc) is 2.45. The quantitative estimate of drug-likeness (QED) is 0.636. The Hall–Kier alpha value is -1.80. The summed E-state index contributed by atoms with van der Waals surface area (Å²) >= 11 is 0. The Balaban J connectivity index is 3.93. The lowest BCUT2D eigenvalue weighted by atomic mass is 10.2. The number of carbonyl (C=O) groups is 2. The van der Waals surface area contributed by atoms with Crippen molar-refractivity contribution in [2.75, 3.05) is 33.2 Å². The highest BCUT2D eigenvalue weighted by atomic mass is 16.2. The van der Waals surface area contributed by atoms with Gasteiger partial charge in [-0.2, -0.15) is 0 Å². The fraction of sp³-hybridized carbons (Fsp3) is 0.600. The summed E-state index contributed by atoms with van der Waals surface area (Å²) in [6, 6.07) is 0. The molecule has 0 aliphatic heterocycles. The van der Waals surface area contributed by atoms with Gasteiger partial charge in [-0.3, -0.25) is 9.59 Å². The molecule has 0 radical (unpaired) electrons. The third kappa shape index (κ3) is 8.33. The average molecular weight is 279 g/mol. The summed E-state index contributed by atoms with van der Waals surface area (Å²) in [6.07, 6.45) is 8.19. The predicted octanol–water partition coefficient (Wildman–Crippen LogP) is 0.830. The van der Waals surface area contributed by atoms with Gasteiger partial charge in [0.2, 0.25) is 11.8 Å². The Bertz CT molecular complexity index is 368. The number of terminal acetylenes is 1. The molecule has 0 rings (SSSR count). The maximum absolute atomic E-state index is 11.8. The van der Waals surface area contributed by atoms with Gasteiger partial charge in [0.15, 0.2) is 0 Å². The van der Waals surface area contributed by atoms with Crippen molar-refractivity contribution < 1.29 is 9.59 Å². The van der Waals surface area contributed by atoms with Crippen molar-refractivity contribution in [3.05, 3.63) is 12.3 Å². The van der Waals surface area contributed by atoms with Crippen LogP contribution < -0.4 is 5.32 Å². The van der Waals surface area contributed by atoms with Gasteiger partial charge in [-0.25, -0.2) is 0 Å². The van der Waals surface area contributed by atoms with E-state index in [1.165, 1.54) is 12.3 Å². The first-order valence-electron chi connectivity index (χ1n) is 6.91. The fourth-order valence-corrected chi connectivity index (χ4v) is 1.62. The van der Waals surface area contributed by atoms with Gasteiger partial charge in [-0.05, 0) is 13.1 Å². The molecule has 0 bridgehead atoms. The van der Waals surface area contributed by atoms with Crippen LogP contribution in [0.25, 0.3) is 0 Å². The first-order valence-corrected chi connectivity index (χ1v) is 6.91. The van der Waals surface area contributed by atoms with E-state index in [4.69, 9.17) is 6.42 Å². The first kappa shape index (κ1) is 18.2. The molecule has 0 atom stereocenters. The summed E-state index contributed by atoms with van der Waals surface area (Å²) < 4.78 is 0. The number of hydrogen-bond acceptors (Lipinski definition) is 3. The van der Waals surface area contributed by atoms with Gasteiger partial charge in [-0.1, -0.05) is 19.8 Å². The number of likely N-dealkylation sites (N-methyl/N-ethyl adjacent to an activating group) is 2. The van der Waals surface area contributed by atoms with Gasteiger partial charge in [0, 0.05) is 45.3 Å². The van der Waals surface area contributed by atoms with Crippen LogP contribution in [0.2, 0.25) is 0 Å². The van der Waals surface area contributed by atoms with E-state index in [1.807, 2.05) is 0 Å². The smallest absolute Gasteiger partial charge is 0.224 e. The maximum atomic E-state index is 11.8. The molecule has 5 nitrogen and oxygen atoms in total. The van der Waals surface area contributed by atoms with E-state index >= 15 is 0 Å². The Labute approximate surface area is 122 Å². The molecule has 0 aromatic carbocycles. The number of amides is 2. The van der Waals surface area contributed by atoms with Crippen LogP contribution in [0, 0.1) is 12.3 Å². The summed E-state index contributed by atoms with van der Waals surface area (Å²) in [6.45, 7) is 7.68. The van der Waals surface area contributed by atoms with E-state index in [-0.39, 0.29) is 24.7 Å². The van der Waals surface area contributed by atoms with E-state index in [0.29, 0.717) is 6.54 Å². The Morgan fingerprint density at radius 3 is 2.40 bits per heavy atom. The van der Waals surface area contributed by atoms with Crippen LogP contribution in [0.4, 0.5) is 0 Å². The minimum atomic E-state index is -0.206. The van der Waals surface area contributed by atoms with E-state index in [0.717, 1.165) is 19.6 Å². The van der Waals surface area contributed by atoms with Crippen LogP contribution in [0.1, 0.15) is 26.7 Å². The lowest BCUT2D eigenvalue weighted by molar-refractivity contribution is -0.132. The molecule has 0 saturated heterocycles. The molecule has 0 saturated carbocycles. The topological polar surface area (TPSA) is 52.7 Å². The zero-order chi connectivity index (χ0) is 15.4. The molecular weight excluding hydrogens is 254 g/mol. The monoisotopic (exact) mass is 279 g/mol. The first-order chi connectivity index (χ1) is 9.54. The molecule has 1 N–H and O–H groups in total. The molecule has 0 aliphatic rings. The molecule has 5 heteroatoms. The standard InChI is InChI=1S/C15H25N3O2/c1-5-8-11-16-14(19)9-10-15(20)17(4)12-13-18(6-2)7-3/h1,8,11H,6-7,9-10,12-13H2,2-4H3,(H,16,19)/b11-8+. The van der Waals surface area contributed by atoms with E-state index < -0.39 is 0 Å². The third-order valence-corrected chi connectivity index (χ3v) is 3.06. The zero-order valence-corrected chi connectivity index (χ0v) is 12.7. The third-order valence-electron chi connectivity index (χ3n) is 3.06. The van der Waals surface area contributed by atoms with Gasteiger partial charge in [0.1, 0.15) is 0 Å². The summed E-state index contributed by atoms with van der Waals surface area (Å²) in [5.41, 5.74) is 0. The van der Waals surface area contributed by atoms with Crippen molar-refractivity contribution in [3.63, 3.8) is 0 Å². The van der Waals surface area contributed by atoms with Crippen molar-refractivity contribution in [2.45, 2.75) is 26.7 Å². The van der Waals surface area contributed by atoms with Crippen LogP contribution in [0.15, 0.2) is 12.3 Å². The highest BCUT2D eigenvalue weighted by Crippen LogP contribution is 1.97. The summed E-state index contributed by atoms with van der Waals surface area (Å²) in [7, 11) is 1.77. The van der Waals surface area contributed by atoms with Gasteiger partial charge in [-0.15, -0.1) is 6.42 Å². The molecule has 2 amide bonds. The Morgan fingerprint density at radius 2 is 1.85 bits per heavy atom. The minimum absolute atomic E-state index is 0.0202. The highest BCUT2D eigenvalue weighted by Gasteiger charge is 2.11. The predicted molar refractivity (Wildman–Crippen MR) is 80.8 cm³/mol. The molecule has 0 unspecified atom stereocenters. The van der Waals surface area contributed by atoms with Gasteiger partial charge < -0.3 is 15.1 Å². The van der Waals surface area contributed by atoms with Crippen LogP contribution in [-0.2, 0) is 9.59 Å². The largest absolute Gasteiger partial charge is 0.344 e. The van der Waals surface area contributed by atoms with Gasteiger partial charge in [0.05, 0.1) is 0 Å². The Kier molecular flexibility index (Phi) is 10.1. The van der Waals surface area contributed by atoms with Crippen LogP contribution >= 0.6 is 0 Å². The number of rotatable bonds is 9. The van der Waals surface area contributed by atoms with Gasteiger partial charge >= 0.3 is 0 Å². The van der Waals surface area contributed by atoms with E-state index in [2.05, 4.69) is 30.0 Å². The normalized spacial score (nSPS) is 10.6. The minimum Gasteiger partial charge on any atom is -0.344 e. The summed E-state index contributed by atoms with van der Waals surface area (Å²) in [5, 5.41) is 2.51. The number of allylic oxidation sites excluding steroid dienone is 1. The number of nitrogens with one attached hydrogen (secondary N) is 1. The van der Waals surface area contributed by atoms with Crippen LogP contribution in [0.3, 0.4) is 0 Å². The van der Waals surface area contributed by atoms with Gasteiger partial charge in [0.25, 0.3) is 0 Å². The number of hydrogen-bond donors (Lipinski definition) is 1. The van der Waals surface area contributed by atoms with Crippen molar-refractivity contribution in [1.82, 2.24) is 15.1 Å². The van der Waals surface area contributed by atoms with E-state index in [9.17, 15) is 9.59 Å². The zero-order valence-electron chi connectivity index (χ0n) is 12.7. The second-order valence-electron chi connectivity index (χ2n) is 4.41. The summed E-state index contributed by atoms with van der Waals surface area (Å²) in [4.78, 5) is 27.2. The lowest BCUT2D eigenvalue weighted by Gasteiger charge is -2.23. The molecule has 0 spiro atoms. The van der Waals surface area contributed by atoms with Crippen LogP contribution in [-0.4, -0.2) is 54.8 Å². The van der Waals surface area contributed by atoms with Crippen molar-refractivity contribution in [2.24, 2.45) is 0 Å². The number of nitrogens with zero attached hydrogens (tertiary/aromatic N) is 2. The second-order valence-corrected chi connectivity index (χ2v) is 4.41.